The molecule has 0 aliphatic carbocycles. The molecule has 0 spiro atoms. The van der Waals surface area contributed by atoms with E-state index in [1.54, 1.807) is 18.2 Å². The van der Waals surface area contributed by atoms with Crippen molar-refractivity contribution in [3.05, 3.63) is 66.0 Å². The van der Waals surface area contributed by atoms with Gasteiger partial charge in [-0.15, -0.1) is 0 Å². The van der Waals surface area contributed by atoms with Gasteiger partial charge in [-0.05, 0) is 36.8 Å². The van der Waals surface area contributed by atoms with Crippen molar-refractivity contribution in [2.75, 3.05) is 31.6 Å². The van der Waals surface area contributed by atoms with Crippen LogP contribution in [-0.4, -0.2) is 42.0 Å². The summed E-state index contributed by atoms with van der Waals surface area (Å²) in [5, 5.41) is 7.53. The third-order valence-corrected chi connectivity index (χ3v) is 4.57. The van der Waals surface area contributed by atoms with Crippen LogP contribution in [0.3, 0.4) is 0 Å². The Morgan fingerprint density at radius 3 is 2.48 bits per heavy atom. The minimum atomic E-state index is -0.363. The van der Waals surface area contributed by atoms with Gasteiger partial charge in [-0.1, -0.05) is 42.5 Å². The molecule has 3 rings (SSSR count). The van der Waals surface area contributed by atoms with Gasteiger partial charge >= 0.3 is 0 Å². The standard InChI is InChI=1S/C20H23FN4OS/c1-15(23-24-20(27)22-18-10-6-5-9-17(18)21)19(16-7-3-2-4-8-16)25-11-13-26-14-12-25/h2-10,19H,11-14H2,1H3,(H2,22,24,27)/b23-15-/t19-/m0/s1. The van der Waals surface area contributed by atoms with E-state index in [-0.39, 0.29) is 17.0 Å². The summed E-state index contributed by atoms with van der Waals surface area (Å²) in [7, 11) is 0. The van der Waals surface area contributed by atoms with E-state index in [0.29, 0.717) is 18.9 Å². The number of nitrogens with one attached hydrogen (secondary N) is 2. The SMILES string of the molecule is C/C(=N/NC(=S)Nc1ccccc1F)[C@@H](c1ccccc1)N1CCOCC1. The van der Waals surface area contributed by atoms with E-state index in [9.17, 15) is 4.39 Å². The molecule has 1 saturated heterocycles. The lowest BCUT2D eigenvalue weighted by atomic mass is 10.0. The van der Waals surface area contributed by atoms with Gasteiger partial charge in [0.25, 0.3) is 0 Å². The second kappa shape index (κ2) is 9.55. The van der Waals surface area contributed by atoms with Crippen LogP contribution in [0.2, 0.25) is 0 Å². The van der Waals surface area contributed by atoms with E-state index in [0.717, 1.165) is 24.4 Å². The first kappa shape index (κ1) is 19.4. The number of anilines is 1. The number of nitrogens with zero attached hydrogens (tertiary/aromatic N) is 2. The number of ether oxygens (including phenoxy) is 1. The Kier molecular flexibility index (Phi) is 6.86. The molecule has 0 amide bonds. The molecule has 0 bridgehead atoms. The van der Waals surface area contributed by atoms with E-state index in [2.05, 4.69) is 32.9 Å². The molecule has 2 N–H and O–H groups in total. The first-order valence-electron chi connectivity index (χ1n) is 8.87. The van der Waals surface area contributed by atoms with E-state index in [4.69, 9.17) is 17.0 Å². The van der Waals surface area contributed by atoms with Crippen LogP contribution in [0.5, 0.6) is 0 Å². The molecule has 1 heterocycles. The van der Waals surface area contributed by atoms with Crippen molar-refractivity contribution >= 4 is 28.7 Å². The number of para-hydroxylation sites is 1. The Hall–Kier alpha value is -2.35. The van der Waals surface area contributed by atoms with Crippen LogP contribution < -0.4 is 10.7 Å². The van der Waals surface area contributed by atoms with Crippen LogP contribution in [0.1, 0.15) is 18.5 Å². The van der Waals surface area contributed by atoms with Crippen LogP contribution in [0.15, 0.2) is 59.7 Å². The molecule has 0 unspecified atom stereocenters. The number of halogens is 1. The molecule has 0 aromatic heterocycles. The van der Waals surface area contributed by atoms with E-state index < -0.39 is 0 Å². The number of hydrogen-bond donors (Lipinski definition) is 2. The fraction of sp³-hybridized carbons (Fsp3) is 0.300. The van der Waals surface area contributed by atoms with Crippen molar-refractivity contribution in [2.24, 2.45) is 5.10 Å². The summed E-state index contributed by atoms with van der Waals surface area (Å²) >= 11 is 5.24. The number of hydrazone groups is 1. The topological polar surface area (TPSA) is 48.9 Å². The average Bonchev–Trinajstić information content (AvgIpc) is 2.70. The predicted octanol–water partition coefficient (Wildman–Crippen LogP) is 3.56. The molecule has 1 atom stereocenters. The van der Waals surface area contributed by atoms with Gasteiger partial charge in [0.1, 0.15) is 5.82 Å². The zero-order valence-electron chi connectivity index (χ0n) is 15.2. The minimum Gasteiger partial charge on any atom is -0.379 e. The van der Waals surface area contributed by atoms with Gasteiger partial charge in [-0.3, -0.25) is 10.3 Å². The molecule has 1 aliphatic heterocycles. The smallest absolute Gasteiger partial charge is 0.191 e. The number of benzene rings is 2. The van der Waals surface area contributed by atoms with Crippen LogP contribution in [0.4, 0.5) is 10.1 Å². The molecular weight excluding hydrogens is 363 g/mol. The normalized spacial score (nSPS) is 16.6. The number of hydrogen-bond acceptors (Lipinski definition) is 4. The lowest BCUT2D eigenvalue weighted by molar-refractivity contribution is 0.0285. The number of thiocarbonyl (C=S) groups is 1. The van der Waals surface area contributed by atoms with E-state index >= 15 is 0 Å². The van der Waals surface area contributed by atoms with Crippen molar-refractivity contribution in [3.63, 3.8) is 0 Å². The third kappa shape index (κ3) is 5.32. The quantitative estimate of drug-likeness (QED) is 0.467. The fourth-order valence-corrected chi connectivity index (χ4v) is 3.26. The van der Waals surface area contributed by atoms with Crippen LogP contribution in [0.25, 0.3) is 0 Å². The van der Waals surface area contributed by atoms with Crippen LogP contribution in [-0.2, 0) is 4.74 Å². The van der Waals surface area contributed by atoms with Gasteiger partial charge < -0.3 is 10.1 Å². The van der Waals surface area contributed by atoms with Gasteiger partial charge in [0.05, 0.1) is 30.7 Å². The Labute approximate surface area is 164 Å². The highest BCUT2D eigenvalue weighted by atomic mass is 32.1. The molecule has 1 fully saturated rings. The minimum absolute atomic E-state index is 0.0267. The average molecular weight is 386 g/mol. The summed E-state index contributed by atoms with van der Waals surface area (Å²) in [5.41, 5.74) is 5.18. The molecule has 2 aromatic rings. The highest BCUT2D eigenvalue weighted by Gasteiger charge is 2.25. The van der Waals surface area contributed by atoms with Crippen molar-refractivity contribution in [2.45, 2.75) is 13.0 Å². The fourth-order valence-electron chi connectivity index (χ4n) is 3.10. The Balaban J connectivity index is 1.72. The monoisotopic (exact) mass is 386 g/mol. The summed E-state index contributed by atoms with van der Waals surface area (Å²) < 4.78 is 19.2. The molecule has 7 heteroatoms. The number of morpholine rings is 1. The van der Waals surface area contributed by atoms with Gasteiger partial charge in [-0.2, -0.15) is 5.10 Å². The molecular formula is C20H23FN4OS. The van der Waals surface area contributed by atoms with Crippen LogP contribution in [0, 0.1) is 5.82 Å². The maximum absolute atomic E-state index is 13.7. The zero-order chi connectivity index (χ0) is 19.1. The Bertz CT molecular complexity index is 794. The maximum atomic E-state index is 13.7. The van der Waals surface area contributed by atoms with Crippen molar-refractivity contribution in [3.8, 4) is 0 Å². The van der Waals surface area contributed by atoms with Crippen molar-refractivity contribution in [1.29, 1.82) is 0 Å². The maximum Gasteiger partial charge on any atom is 0.191 e. The summed E-state index contributed by atoms with van der Waals surface area (Å²) in [6, 6.07) is 16.6. The highest BCUT2D eigenvalue weighted by Crippen LogP contribution is 2.23. The zero-order valence-corrected chi connectivity index (χ0v) is 16.0. The third-order valence-electron chi connectivity index (χ3n) is 4.38. The first-order chi connectivity index (χ1) is 13.1. The summed E-state index contributed by atoms with van der Waals surface area (Å²) in [4.78, 5) is 2.34. The Morgan fingerprint density at radius 2 is 1.78 bits per heavy atom. The molecule has 2 aromatic carbocycles. The van der Waals surface area contributed by atoms with Gasteiger partial charge in [0, 0.05) is 13.1 Å². The molecule has 142 valence electrons. The van der Waals surface area contributed by atoms with Crippen molar-refractivity contribution in [1.82, 2.24) is 10.3 Å². The molecule has 0 radical (unpaired) electrons. The predicted molar refractivity (Wildman–Crippen MR) is 110 cm³/mol. The van der Waals surface area contributed by atoms with Crippen LogP contribution >= 0.6 is 12.2 Å². The number of rotatable bonds is 5. The largest absolute Gasteiger partial charge is 0.379 e. The van der Waals surface area contributed by atoms with Gasteiger partial charge in [-0.25, -0.2) is 4.39 Å². The van der Waals surface area contributed by atoms with Crippen molar-refractivity contribution < 1.29 is 9.13 Å². The molecule has 1 aliphatic rings. The first-order valence-corrected chi connectivity index (χ1v) is 9.28. The Morgan fingerprint density at radius 1 is 1.11 bits per heavy atom. The van der Waals surface area contributed by atoms with Gasteiger partial charge in [0.15, 0.2) is 5.11 Å². The van der Waals surface area contributed by atoms with Gasteiger partial charge in [0.2, 0.25) is 0 Å². The highest BCUT2D eigenvalue weighted by molar-refractivity contribution is 7.80. The lowest BCUT2D eigenvalue weighted by Crippen LogP contribution is -2.42. The van der Waals surface area contributed by atoms with E-state index in [1.807, 2.05) is 25.1 Å². The van der Waals surface area contributed by atoms with E-state index in [1.165, 1.54) is 6.07 Å². The second-order valence-electron chi connectivity index (χ2n) is 6.26. The second-order valence-corrected chi connectivity index (χ2v) is 6.67. The molecule has 5 nitrogen and oxygen atoms in total. The lowest BCUT2D eigenvalue weighted by Gasteiger charge is -2.34. The summed E-state index contributed by atoms with van der Waals surface area (Å²) in [6.45, 7) is 5.05. The summed E-state index contributed by atoms with van der Waals surface area (Å²) in [5.74, 6) is -0.363. The molecule has 27 heavy (non-hydrogen) atoms. The molecule has 0 saturated carbocycles. The summed E-state index contributed by atoms with van der Waals surface area (Å²) in [6.07, 6.45) is 0.